The lowest BCUT2D eigenvalue weighted by molar-refractivity contribution is -0.104. The Balaban J connectivity index is 1.38. The van der Waals surface area contributed by atoms with Gasteiger partial charge >= 0.3 is 0 Å². The Bertz CT molecular complexity index is 743. The van der Waals surface area contributed by atoms with Crippen molar-refractivity contribution in [2.75, 3.05) is 19.7 Å². The van der Waals surface area contributed by atoms with Crippen LogP contribution < -0.4 is 5.32 Å². The summed E-state index contributed by atoms with van der Waals surface area (Å²) in [6, 6.07) is 15.0. The van der Waals surface area contributed by atoms with E-state index in [0.29, 0.717) is 0 Å². The third-order valence-corrected chi connectivity index (χ3v) is 7.19. The molecule has 1 aromatic carbocycles. The van der Waals surface area contributed by atoms with E-state index in [2.05, 4.69) is 57.6 Å². The van der Waals surface area contributed by atoms with Crippen molar-refractivity contribution in [1.29, 1.82) is 0 Å². The first-order valence-electron chi connectivity index (χ1n) is 10.7. The first-order chi connectivity index (χ1) is 13.7. The molecule has 4 rings (SSSR count). The van der Waals surface area contributed by atoms with E-state index in [1.807, 2.05) is 12.3 Å². The number of aromatic nitrogens is 1. The minimum atomic E-state index is 0.104. The number of ether oxygens (including phenoxy) is 1. The second-order valence-corrected chi connectivity index (χ2v) is 9.45. The summed E-state index contributed by atoms with van der Waals surface area (Å²) < 4.78 is 7.49. The topological polar surface area (TPSA) is 34.2 Å². The predicted molar refractivity (Wildman–Crippen MR) is 118 cm³/mol. The Kier molecular flexibility index (Phi) is 6.49. The molecule has 1 saturated carbocycles. The number of rotatable bonds is 7. The van der Waals surface area contributed by atoms with Gasteiger partial charge in [0, 0.05) is 28.4 Å². The van der Waals surface area contributed by atoms with E-state index < -0.39 is 0 Å². The number of nitrogens with zero attached hydrogens (tertiary/aromatic N) is 1. The van der Waals surface area contributed by atoms with E-state index in [1.54, 1.807) is 0 Å². The second-order valence-electron chi connectivity index (χ2n) is 8.54. The SMILES string of the molecule is Brc1ccc(CCNCC[C@]2(c3ccccn3)CCOC3(CCCC3)C2)cc1. The lowest BCUT2D eigenvalue weighted by atomic mass is 9.68. The van der Waals surface area contributed by atoms with Gasteiger partial charge in [-0.2, -0.15) is 0 Å². The maximum absolute atomic E-state index is 6.35. The van der Waals surface area contributed by atoms with Gasteiger partial charge in [0.1, 0.15) is 0 Å². The van der Waals surface area contributed by atoms with Crippen LogP contribution in [0.1, 0.15) is 56.2 Å². The van der Waals surface area contributed by atoms with E-state index >= 15 is 0 Å². The lowest BCUT2D eigenvalue weighted by Gasteiger charge is -2.46. The molecule has 1 aromatic heterocycles. The molecule has 3 nitrogen and oxygen atoms in total. The fourth-order valence-corrected chi connectivity index (χ4v) is 5.40. The molecule has 0 bridgehead atoms. The fourth-order valence-electron chi connectivity index (χ4n) is 5.13. The van der Waals surface area contributed by atoms with Crippen LogP contribution in [0.4, 0.5) is 0 Å². The van der Waals surface area contributed by atoms with Gasteiger partial charge in [0.05, 0.1) is 5.60 Å². The first kappa shape index (κ1) is 20.1. The van der Waals surface area contributed by atoms with Gasteiger partial charge in [-0.1, -0.05) is 47.0 Å². The molecule has 1 atom stereocenters. The first-order valence-corrected chi connectivity index (χ1v) is 11.5. The molecule has 1 aliphatic carbocycles. The number of nitrogens with one attached hydrogen (secondary N) is 1. The van der Waals surface area contributed by atoms with Gasteiger partial charge in [0.25, 0.3) is 0 Å². The van der Waals surface area contributed by atoms with Crippen LogP contribution in [0.2, 0.25) is 0 Å². The van der Waals surface area contributed by atoms with Crippen molar-refractivity contribution in [2.24, 2.45) is 0 Å². The molecule has 2 aliphatic rings. The fraction of sp³-hybridized carbons (Fsp3) is 0.542. The van der Waals surface area contributed by atoms with E-state index in [9.17, 15) is 0 Å². The average Bonchev–Trinajstić information content (AvgIpc) is 3.17. The van der Waals surface area contributed by atoms with E-state index in [0.717, 1.165) is 49.9 Å². The Morgan fingerprint density at radius 3 is 2.57 bits per heavy atom. The van der Waals surface area contributed by atoms with Crippen molar-refractivity contribution >= 4 is 15.9 Å². The molecule has 4 heteroatoms. The van der Waals surface area contributed by atoms with Crippen molar-refractivity contribution in [3.63, 3.8) is 0 Å². The van der Waals surface area contributed by atoms with Gasteiger partial charge < -0.3 is 10.1 Å². The van der Waals surface area contributed by atoms with Gasteiger partial charge in [0.2, 0.25) is 0 Å². The molecule has 28 heavy (non-hydrogen) atoms. The standard InChI is InChI=1S/C24H31BrN2O/c25-21-8-6-20(7-9-21)10-16-26-17-13-23(22-5-1-4-15-27-22)14-18-28-24(19-23)11-2-3-12-24/h1,4-9,15,26H,2-3,10-14,16-19H2/t23-/m0/s1. The Labute approximate surface area is 177 Å². The van der Waals surface area contributed by atoms with E-state index in [4.69, 9.17) is 9.72 Å². The van der Waals surface area contributed by atoms with Crippen LogP contribution in [0.15, 0.2) is 53.1 Å². The van der Waals surface area contributed by atoms with Gasteiger partial charge in [-0.15, -0.1) is 0 Å². The van der Waals surface area contributed by atoms with Crippen LogP contribution in [-0.4, -0.2) is 30.3 Å². The molecule has 1 N–H and O–H groups in total. The maximum Gasteiger partial charge on any atom is 0.0691 e. The summed E-state index contributed by atoms with van der Waals surface area (Å²) in [4.78, 5) is 4.80. The number of benzene rings is 1. The molecule has 2 aromatic rings. The normalized spacial score (nSPS) is 23.9. The zero-order valence-corrected chi connectivity index (χ0v) is 18.2. The van der Waals surface area contributed by atoms with E-state index in [1.165, 1.54) is 36.9 Å². The minimum Gasteiger partial charge on any atom is -0.375 e. The van der Waals surface area contributed by atoms with Crippen molar-refractivity contribution in [1.82, 2.24) is 10.3 Å². The number of hydrogen-bond acceptors (Lipinski definition) is 3. The average molecular weight is 443 g/mol. The van der Waals surface area contributed by atoms with Crippen molar-refractivity contribution in [3.05, 3.63) is 64.4 Å². The van der Waals surface area contributed by atoms with Gasteiger partial charge in [-0.3, -0.25) is 4.98 Å². The molecular weight excluding hydrogens is 412 g/mol. The number of halogens is 1. The number of pyridine rings is 1. The summed E-state index contributed by atoms with van der Waals surface area (Å²) >= 11 is 3.50. The molecular formula is C24H31BrN2O. The van der Waals surface area contributed by atoms with Crippen molar-refractivity contribution in [2.45, 2.75) is 62.4 Å². The second kappa shape index (κ2) is 9.06. The minimum absolute atomic E-state index is 0.104. The maximum atomic E-state index is 6.35. The van der Waals surface area contributed by atoms with Crippen LogP contribution in [0, 0.1) is 0 Å². The van der Waals surface area contributed by atoms with Crippen LogP contribution in [-0.2, 0) is 16.6 Å². The lowest BCUT2D eigenvalue weighted by Crippen LogP contribution is -2.47. The highest BCUT2D eigenvalue weighted by atomic mass is 79.9. The highest BCUT2D eigenvalue weighted by molar-refractivity contribution is 9.10. The molecule has 2 heterocycles. The zero-order chi connectivity index (χ0) is 19.3. The highest BCUT2D eigenvalue weighted by Crippen LogP contribution is 2.49. The molecule has 0 amide bonds. The summed E-state index contributed by atoms with van der Waals surface area (Å²) in [6.45, 7) is 2.92. The third-order valence-electron chi connectivity index (χ3n) is 6.66. The molecule has 0 unspecified atom stereocenters. The van der Waals surface area contributed by atoms with Crippen molar-refractivity contribution in [3.8, 4) is 0 Å². The van der Waals surface area contributed by atoms with Crippen LogP contribution >= 0.6 is 15.9 Å². The third kappa shape index (κ3) is 4.67. The smallest absolute Gasteiger partial charge is 0.0691 e. The summed E-state index contributed by atoms with van der Waals surface area (Å²) in [6.07, 6.45) is 11.4. The summed E-state index contributed by atoms with van der Waals surface area (Å²) in [7, 11) is 0. The molecule has 0 radical (unpaired) electrons. The Morgan fingerprint density at radius 2 is 1.82 bits per heavy atom. The predicted octanol–water partition coefficient (Wildman–Crippen LogP) is 5.43. The monoisotopic (exact) mass is 442 g/mol. The van der Waals surface area contributed by atoms with Gasteiger partial charge in [0.15, 0.2) is 0 Å². The Morgan fingerprint density at radius 1 is 1.00 bits per heavy atom. The highest BCUT2D eigenvalue weighted by Gasteiger charge is 2.48. The molecule has 1 saturated heterocycles. The number of hydrogen-bond donors (Lipinski definition) is 1. The Hall–Kier alpha value is -1.23. The van der Waals surface area contributed by atoms with Crippen LogP contribution in [0.3, 0.4) is 0 Å². The zero-order valence-electron chi connectivity index (χ0n) is 16.6. The van der Waals surface area contributed by atoms with Crippen LogP contribution in [0.25, 0.3) is 0 Å². The van der Waals surface area contributed by atoms with Crippen molar-refractivity contribution < 1.29 is 4.74 Å². The summed E-state index contributed by atoms with van der Waals surface area (Å²) in [5.74, 6) is 0. The molecule has 1 spiro atoms. The molecule has 1 aliphatic heterocycles. The molecule has 150 valence electrons. The molecule has 2 fully saturated rings. The summed E-state index contributed by atoms with van der Waals surface area (Å²) in [5, 5.41) is 3.69. The van der Waals surface area contributed by atoms with Crippen LogP contribution in [0.5, 0.6) is 0 Å². The summed E-state index contributed by atoms with van der Waals surface area (Å²) in [5.41, 5.74) is 2.90. The quantitative estimate of drug-likeness (QED) is 0.580. The largest absolute Gasteiger partial charge is 0.375 e. The van der Waals surface area contributed by atoms with Gasteiger partial charge in [-0.05, 0) is 81.4 Å². The van der Waals surface area contributed by atoms with E-state index in [-0.39, 0.29) is 11.0 Å². The van der Waals surface area contributed by atoms with Gasteiger partial charge in [-0.25, -0.2) is 0 Å².